The highest BCUT2D eigenvalue weighted by Crippen LogP contribution is 2.24. The lowest BCUT2D eigenvalue weighted by Crippen LogP contribution is -2.28. The third-order valence-electron chi connectivity index (χ3n) is 2.56. The molecule has 0 spiro atoms. The van der Waals surface area contributed by atoms with Gasteiger partial charge in [0.15, 0.2) is 6.29 Å². The highest BCUT2D eigenvalue weighted by molar-refractivity contribution is 9.10. The van der Waals surface area contributed by atoms with Gasteiger partial charge in [0, 0.05) is 28.8 Å². The summed E-state index contributed by atoms with van der Waals surface area (Å²) in [6.07, 6.45) is 0.849. The van der Waals surface area contributed by atoms with E-state index >= 15 is 0 Å². The maximum absolute atomic E-state index is 11.0. The van der Waals surface area contributed by atoms with Crippen LogP contribution in [0, 0.1) is 17.2 Å². The van der Waals surface area contributed by atoms with Crippen LogP contribution in [0.1, 0.15) is 24.2 Å². The Morgan fingerprint density at radius 2 is 2.29 bits per heavy atom. The lowest BCUT2D eigenvalue weighted by Gasteiger charge is -2.25. The molecule has 0 heterocycles. The summed E-state index contributed by atoms with van der Waals surface area (Å²) in [5, 5.41) is 8.85. The first-order chi connectivity index (χ1) is 8.12. The molecule has 4 heteroatoms. The van der Waals surface area contributed by atoms with Crippen molar-refractivity contribution in [3.63, 3.8) is 0 Å². The van der Waals surface area contributed by atoms with E-state index in [2.05, 4.69) is 22.0 Å². The zero-order valence-electron chi connectivity index (χ0n) is 9.98. The molecule has 90 valence electrons. The van der Waals surface area contributed by atoms with Crippen LogP contribution < -0.4 is 4.90 Å². The van der Waals surface area contributed by atoms with Gasteiger partial charge in [-0.3, -0.25) is 4.79 Å². The first kappa shape index (κ1) is 13.7. The zero-order chi connectivity index (χ0) is 12.8. The van der Waals surface area contributed by atoms with E-state index in [-0.39, 0.29) is 5.92 Å². The van der Waals surface area contributed by atoms with Crippen molar-refractivity contribution in [2.75, 3.05) is 18.0 Å². The van der Waals surface area contributed by atoms with Gasteiger partial charge in [-0.15, -0.1) is 0 Å². The maximum Gasteiger partial charge on any atom is 0.152 e. The van der Waals surface area contributed by atoms with E-state index in [1.165, 1.54) is 0 Å². The second kappa shape index (κ2) is 6.41. The fourth-order valence-electron chi connectivity index (χ4n) is 1.66. The Labute approximate surface area is 110 Å². The molecule has 1 rings (SSSR count). The highest BCUT2D eigenvalue weighted by atomic mass is 79.9. The quantitative estimate of drug-likeness (QED) is 0.783. The monoisotopic (exact) mass is 294 g/mol. The SMILES string of the molecule is CCN(CC(C)C#N)c1cc(Br)ccc1C=O. The van der Waals surface area contributed by atoms with Crippen LogP contribution in [0.3, 0.4) is 0 Å². The molecule has 1 unspecified atom stereocenters. The lowest BCUT2D eigenvalue weighted by atomic mass is 10.1. The van der Waals surface area contributed by atoms with Crippen LogP contribution in [0.25, 0.3) is 0 Å². The number of anilines is 1. The second-order valence-electron chi connectivity index (χ2n) is 3.89. The largest absolute Gasteiger partial charge is 0.370 e. The van der Waals surface area contributed by atoms with E-state index in [4.69, 9.17) is 5.26 Å². The number of nitrogens with zero attached hydrogens (tertiary/aromatic N) is 2. The number of aldehydes is 1. The molecular formula is C13H15BrN2O. The van der Waals surface area contributed by atoms with Crippen LogP contribution in [0.15, 0.2) is 22.7 Å². The van der Waals surface area contributed by atoms with Crippen molar-refractivity contribution in [2.24, 2.45) is 5.92 Å². The normalized spacial score (nSPS) is 11.6. The first-order valence-electron chi connectivity index (χ1n) is 5.51. The van der Waals surface area contributed by atoms with Crippen LogP contribution in [0.2, 0.25) is 0 Å². The maximum atomic E-state index is 11.0. The molecule has 0 amide bonds. The standard InChI is InChI=1S/C13H15BrN2O/c1-3-16(8-10(2)7-15)13-6-12(14)5-4-11(13)9-17/h4-6,9-10H,3,8H2,1-2H3. The zero-order valence-corrected chi connectivity index (χ0v) is 11.6. The van der Waals surface area contributed by atoms with Crippen molar-refractivity contribution in [3.8, 4) is 6.07 Å². The van der Waals surface area contributed by atoms with E-state index in [1.54, 1.807) is 6.07 Å². The summed E-state index contributed by atoms with van der Waals surface area (Å²) in [4.78, 5) is 13.1. The Bertz CT molecular complexity index is 440. The van der Waals surface area contributed by atoms with Crippen LogP contribution in [-0.4, -0.2) is 19.4 Å². The summed E-state index contributed by atoms with van der Waals surface area (Å²) in [5.74, 6) is -0.0616. The Balaban J connectivity index is 3.06. The molecule has 1 aromatic carbocycles. The molecule has 1 atom stereocenters. The topological polar surface area (TPSA) is 44.1 Å². The molecule has 0 aliphatic heterocycles. The van der Waals surface area contributed by atoms with Crippen molar-refractivity contribution >= 4 is 27.9 Å². The van der Waals surface area contributed by atoms with E-state index in [1.807, 2.05) is 30.9 Å². The first-order valence-corrected chi connectivity index (χ1v) is 6.31. The molecular weight excluding hydrogens is 280 g/mol. The average Bonchev–Trinajstić information content (AvgIpc) is 2.35. The van der Waals surface area contributed by atoms with Crippen LogP contribution in [0.5, 0.6) is 0 Å². The highest BCUT2D eigenvalue weighted by Gasteiger charge is 2.13. The molecule has 1 aromatic rings. The van der Waals surface area contributed by atoms with Crippen molar-refractivity contribution in [3.05, 3.63) is 28.2 Å². The Morgan fingerprint density at radius 1 is 1.59 bits per heavy atom. The van der Waals surface area contributed by atoms with Gasteiger partial charge in [0.2, 0.25) is 0 Å². The second-order valence-corrected chi connectivity index (χ2v) is 4.81. The summed E-state index contributed by atoms with van der Waals surface area (Å²) in [6, 6.07) is 7.75. The van der Waals surface area contributed by atoms with Gasteiger partial charge in [-0.25, -0.2) is 0 Å². The Kier molecular flexibility index (Phi) is 5.17. The average molecular weight is 295 g/mol. The minimum Gasteiger partial charge on any atom is -0.370 e. The van der Waals surface area contributed by atoms with Crippen LogP contribution in [-0.2, 0) is 0 Å². The third-order valence-corrected chi connectivity index (χ3v) is 3.05. The number of hydrogen-bond donors (Lipinski definition) is 0. The molecule has 0 N–H and O–H groups in total. The minimum absolute atomic E-state index is 0.0616. The smallest absolute Gasteiger partial charge is 0.152 e. The summed E-state index contributed by atoms with van der Waals surface area (Å²) in [6.45, 7) is 5.29. The van der Waals surface area contributed by atoms with Gasteiger partial charge in [-0.2, -0.15) is 5.26 Å². The molecule has 0 fully saturated rings. The number of benzene rings is 1. The van der Waals surface area contributed by atoms with Gasteiger partial charge in [0.25, 0.3) is 0 Å². The van der Waals surface area contributed by atoms with Crippen LogP contribution in [0.4, 0.5) is 5.69 Å². The van der Waals surface area contributed by atoms with E-state index in [0.29, 0.717) is 12.1 Å². The molecule has 0 aliphatic rings. The molecule has 17 heavy (non-hydrogen) atoms. The van der Waals surface area contributed by atoms with Crippen LogP contribution >= 0.6 is 15.9 Å². The molecule has 0 radical (unpaired) electrons. The number of rotatable bonds is 5. The molecule has 3 nitrogen and oxygen atoms in total. The van der Waals surface area contributed by atoms with Gasteiger partial charge >= 0.3 is 0 Å². The van der Waals surface area contributed by atoms with E-state index < -0.39 is 0 Å². The van der Waals surface area contributed by atoms with Crippen molar-refractivity contribution in [2.45, 2.75) is 13.8 Å². The molecule has 0 aliphatic carbocycles. The predicted molar refractivity (Wildman–Crippen MR) is 72.2 cm³/mol. The summed E-state index contributed by atoms with van der Waals surface area (Å²) < 4.78 is 0.932. The van der Waals surface area contributed by atoms with Gasteiger partial charge < -0.3 is 4.90 Å². The number of nitriles is 1. The summed E-state index contributed by atoms with van der Waals surface area (Å²) >= 11 is 3.40. The van der Waals surface area contributed by atoms with Gasteiger partial charge in [0.1, 0.15) is 0 Å². The number of hydrogen-bond acceptors (Lipinski definition) is 3. The van der Waals surface area contributed by atoms with Crippen molar-refractivity contribution < 1.29 is 4.79 Å². The summed E-state index contributed by atoms with van der Waals surface area (Å²) in [5.41, 5.74) is 1.53. The molecule has 0 saturated carbocycles. The molecule has 0 bridgehead atoms. The fourth-order valence-corrected chi connectivity index (χ4v) is 2.01. The Morgan fingerprint density at radius 3 is 2.82 bits per heavy atom. The van der Waals surface area contributed by atoms with Gasteiger partial charge in [-0.05, 0) is 32.0 Å². The predicted octanol–water partition coefficient (Wildman–Crippen LogP) is 3.25. The van der Waals surface area contributed by atoms with E-state index in [9.17, 15) is 4.79 Å². The van der Waals surface area contributed by atoms with Crippen molar-refractivity contribution in [1.82, 2.24) is 0 Å². The fraction of sp³-hybridized carbons (Fsp3) is 0.385. The molecule has 0 saturated heterocycles. The Hall–Kier alpha value is -1.34. The van der Waals surface area contributed by atoms with Crippen molar-refractivity contribution in [1.29, 1.82) is 5.26 Å². The minimum atomic E-state index is -0.0616. The lowest BCUT2D eigenvalue weighted by molar-refractivity contribution is 0.112. The third kappa shape index (κ3) is 3.57. The number of carbonyl (C=O) groups excluding carboxylic acids is 1. The number of halogens is 1. The van der Waals surface area contributed by atoms with Gasteiger partial charge in [0.05, 0.1) is 12.0 Å². The van der Waals surface area contributed by atoms with Gasteiger partial charge in [-0.1, -0.05) is 15.9 Å². The number of carbonyl (C=O) groups is 1. The molecule has 0 aromatic heterocycles. The van der Waals surface area contributed by atoms with E-state index in [0.717, 1.165) is 23.0 Å². The summed E-state index contributed by atoms with van der Waals surface area (Å²) in [7, 11) is 0.